The van der Waals surface area contributed by atoms with Crippen LogP contribution in [-0.4, -0.2) is 90.6 Å². The van der Waals surface area contributed by atoms with E-state index in [4.69, 9.17) is 50.9 Å². The highest BCUT2D eigenvalue weighted by atomic mass is 127. The van der Waals surface area contributed by atoms with Crippen LogP contribution in [0.5, 0.6) is 28.7 Å². The van der Waals surface area contributed by atoms with E-state index >= 15 is 0 Å². The number of nitro groups is 3. The number of carbonyl (C=O) groups excluding carboxylic acids is 4. The van der Waals surface area contributed by atoms with Gasteiger partial charge in [-0.25, -0.2) is 0 Å². The number of nitrogen functional groups attached to an aromatic ring is 3. The van der Waals surface area contributed by atoms with Gasteiger partial charge in [0, 0.05) is 96.0 Å². The molecule has 0 aliphatic carbocycles. The lowest BCUT2D eigenvalue weighted by Gasteiger charge is -2.12. The number of methoxy groups -OCH3 is 5. The van der Waals surface area contributed by atoms with E-state index < -0.39 is 21.9 Å². The Labute approximate surface area is 713 Å². The molecule has 0 bridgehead atoms. The highest BCUT2D eigenvalue weighted by molar-refractivity contribution is 14.1. The van der Waals surface area contributed by atoms with E-state index in [1.165, 1.54) is 67.6 Å². The monoisotopic (exact) mass is 1910 g/mol. The SMILES string of the molecule is CC(=O)c1cccc(B(O)O)c1.COc1ccc(Cc2ccc(N)cc2)cc1-c1cccc(C(C)=O)c1.COc1ccc(Cc2ccc([N+](=O)[O-])cc2)cc1-c1cccc(C(C)=O)c1.COc1ccc(N)cc1-c1cccc(C(C)=O)c1.COc1ccc(N)cc1I.COc1ccc([N+](=O)[O-])cc1I.Cl.O=[N+]([O-])c1ccc(I)cc1. The van der Waals surface area contributed by atoms with Crippen LogP contribution in [0.15, 0.2) is 261 Å². The summed E-state index contributed by atoms with van der Waals surface area (Å²) in [5.41, 5.74) is 32.4. The Morgan fingerprint density at radius 3 is 1.00 bits per heavy atom. The summed E-state index contributed by atoms with van der Waals surface area (Å²) in [5.74, 6) is 3.81. The Kier molecular flexibility index (Phi) is 38.5. The van der Waals surface area contributed by atoms with Gasteiger partial charge in [0.15, 0.2) is 23.1 Å². The molecular formula is C87H83BClI3N6O17. The molecule has 0 aromatic heterocycles. The van der Waals surface area contributed by atoms with Crippen molar-refractivity contribution in [3.63, 3.8) is 0 Å². The summed E-state index contributed by atoms with van der Waals surface area (Å²) in [7, 11) is 6.56. The fourth-order valence-electron chi connectivity index (χ4n) is 10.6. The molecule has 0 spiro atoms. The first-order chi connectivity index (χ1) is 54.3. The Morgan fingerprint density at radius 1 is 0.348 bits per heavy atom. The molecule has 0 amide bonds. The van der Waals surface area contributed by atoms with Crippen molar-refractivity contribution in [1.29, 1.82) is 0 Å². The highest BCUT2D eigenvalue weighted by Crippen LogP contribution is 2.36. The number of non-ortho nitro benzene ring substituents is 3. The molecule has 12 aromatic rings. The molecular weight excluding hydrogens is 1830 g/mol. The first-order valence-electron chi connectivity index (χ1n) is 34.5. The van der Waals surface area contributed by atoms with Crippen molar-refractivity contribution in [2.45, 2.75) is 40.5 Å². The van der Waals surface area contributed by atoms with Crippen LogP contribution in [-0.2, 0) is 12.8 Å². The molecule has 594 valence electrons. The molecule has 23 nitrogen and oxygen atoms in total. The van der Waals surface area contributed by atoms with Gasteiger partial charge in [-0.3, -0.25) is 49.5 Å². The molecule has 12 aromatic carbocycles. The number of benzene rings is 12. The first kappa shape index (κ1) is 94.0. The second-order valence-electron chi connectivity index (χ2n) is 24.7. The van der Waals surface area contributed by atoms with Crippen molar-refractivity contribution in [3.05, 3.63) is 346 Å². The summed E-state index contributed by atoms with van der Waals surface area (Å²) in [6, 6.07) is 77.2. The van der Waals surface area contributed by atoms with E-state index in [9.17, 15) is 49.5 Å². The zero-order chi connectivity index (χ0) is 83.7. The maximum Gasteiger partial charge on any atom is 0.488 e. The quantitative estimate of drug-likeness (QED) is 0.0118. The fourth-order valence-corrected chi connectivity index (χ4v) is 12.5. The van der Waals surface area contributed by atoms with Crippen molar-refractivity contribution in [2.75, 3.05) is 52.7 Å². The third-order valence-corrected chi connectivity index (χ3v) is 19.0. The Morgan fingerprint density at radius 2 is 0.643 bits per heavy atom. The van der Waals surface area contributed by atoms with E-state index in [0.717, 1.165) is 96.0 Å². The molecule has 12 rings (SSSR count). The third-order valence-electron chi connectivity index (χ3n) is 16.6. The number of nitrogens with zero attached hydrogens (tertiary/aromatic N) is 3. The third kappa shape index (κ3) is 30.0. The number of carbonyl (C=O) groups is 4. The fraction of sp³-hybridized carbons (Fsp3) is 0.126. The predicted molar refractivity (Wildman–Crippen MR) is 481 cm³/mol. The van der Waals surface area contributed by atoms with E-state index in [1.807, 2.05) is 162 Å². The molecule has 0 saturated carbocycles. The van der Waals surface area contributed by atoms with Gasteiger partial charge in [0.25, 0.3) is 17.1 Å². The van der Waals surface area contributed by atoms with Crippen LogP contribution in [0.3, 0.4) is 0 Å². The van der Waals surface area contributed by atoms with Crippen LogP contribution in [0, 0.1) is 41.1 Å². The topological polar surface area (TPSA) is 362 Å². The summed E-state index contributed by atoms with van der Waals surface area (Å²) in [6.07, 6.45) is 1.45. The zero-order valence-electron chi connectivity index (χ0n) is 64.0. The number of anilines is 3. The minimum atomic E-state index is -1.51. The van der Waals surface area contributed by atoms with Crippen LogP contribution in [0.25, 0.3) is 33.4 Å². The molecule has 0 unspecified atom stereocenters. The zero-order valence-corrected chi connectivity index (χ0v) is 71.2. The lowest BCUT2D eigenvalue weighted by atomic mass is 9.79. The largest absolute Gasteiger partial charge is 0.496 e. The van der Waals surface area contributed by atoms with Gasteiger partial charge >= 0.3 is 7.12 Å². The molecule has 8 N–H and O–H groups in total. The summed E-state index contributed by atoms with van der Waals surface area (Å²) in [6.45, 7) is 6.10. The van der Waals surface area contributed by atoms with Crippen LogP contribution in [0.1, 0.15) is 91.4 Å². The van der Waals surface area contributed by atoms with Crippen LogP contribution in [0.4, 0.5) is 34.1 Å². The number of hydrogen-bond acceptors (Lipinski definition) is 20. The second-order valence-corrected chi connectivity index (χ2v) is 28.3. The number of rotatable bonds is 20. The minimum Gasteiger partial charge on any atom is -0.496 e. The molecule has 0 saturated heterocycles. The highest BCUT2D eigenvalue weighted by Gasteiger charge is 2.16. The lowest BCUT2D eigenvalue weighted by Crippen LogP contribution is -2.30. The summed E-state index contributed by atoms with van der Waals surface area (Å²) < 4.78 is 29.1. The Hall–Kier alpha value is -11.6. The van der Waals surface area contributed by atoms with Crippen molar-refractivity contribution >= 4 is 150 Å². The van der Waals surface area contributed by atoms with Gasteiger partial charge in [-0.05, 0) is 262 Å². The number of hydrogen-bond donors (Lipinski definition) is 5. The first-order valence-corrected chi connectivity index (χ1v) is 37.7. The smallest absolute Gasteiger partial charge is 0.488 e. The summed E-state index contributed by atoms with van der Waals surface area (Å²) in [4.78, 5) is 75.6. The van der Waals surface area contributed by atoms with Gasteiger partial charge in [-0.15, -0.1) is 12.4 Å². The maximum absolute atomic E-state index is 11.7. The molecule has 0 aliphatic heterocycles. The average Bonchev–Trinajstić information content (AvgIpc) is 0.824. The van der Waals surface area contributed by atoms with Crippen LogP contribution < -0.4 is 46.3 Å². The van der Waals surface area contributed by atoms with Gasteiger partial charge in [-0.1, -0.05) is 115 Å². The molecule has 0 heterocycles. The maximum atomic E-state index is 11.7. The van der Waals surface area contributed by atoms with Crippen LogP contribution >= 0.6 is 80.2 Å². The number of Topliss-reactive ketones (excluding diaryl/α,β-unsaturated/α-hetero) is 4. The molecule has 0 radical (unpaired) electrons. The van der Waals surface area contributed by atoms with Crippen molar-refractivity contribution < 1.29 is 67.7 Å². The number of ketones is 4. The molecule has 115 heavy (non-hydrogen) atoms. The van der Waals surface area contributed by atoms with Gasteiger partial charge in [0.1, 0.15) is 28.7 Å². The van der Waals surface area contributed by atoms with E-state index in [1.54, 1.807) is 116 Å². The number of nitrogens with two attached hydrogens (primary N) is 3. The number of halogens is 4. The number of ether oxygens (including phenoxy) is 5. The van der Waals surface area contributed by atoms with Crippen molar-refractivity contribution in [2.24, 2.45) is 0 Å². The molecule has 0 aliphatic rings. The molecule has 28 heteroatoms. The van der Waals surface area contributed by atoms with E-state index in [2.05, 4.69) is 57.3 Å². The summed E-state index contributed by atoms with van der Waals surface area (Å²) in [5, 5.41) is 48.8. The standard InChI is InChI=1S/C22H19NO4.C22H21NO2.C15H15NO2.C8H9BO3.C7H6INO3.C7H8INO.C6H4INO2.ClH/c1-15(24)18-4-3-5-19(14-18)21-13-17(8-11-22(21)27-2)12-16-6-9-20(10-7-16)23(25)26;1-15(24)18-4-3-5-19(14-18)21-13-17(8-11-22(21)25-2)12-16-6-9-20(23)10-7-16;1-10(17)11-4-3-5-12(8-11)14-9-13(16)6-7-15(14)18-2;1-6(10)7-3-2-4-8(5-7)9(11)12;1-12-7-3-2-5(9(10)11)4-6(7)8;1-10-7-3-2-5(9)4-6(7)8;7-5-1-3-6(4-2-5)8(9)10;/h3-11,13-14H,12H2,1-2H3;3-11,13-14H,12,23H2,1-2H3;3-9H,16H2,1-2H3;2-5,11-12H,1H3;2-4H,1H3;2-4H,9H2,1H3;1-4H;1H. The van der Waals surface area contributed by atoms with E-state index in [0.29, 0.717) is 45.6 Å². The second kappa shape index (κ2) is 47.2. The van der Waals surface area contributed by atoms with E-state index in [-0.39, 0.29) is 52.6 Å². The number of nitro benzene ring substituents is 3. The lowest BCUT2D eigenvalue weighted by molar-refractivity contribution is -0.385. The minimum absolute atomic E-state index is 0. The van der Waals surface area contributed by atoms with Gasteiger partial charge < -0.3 is 50.9 Å². The normalized spacial score (nSPS) is 9.93. The Bertz CT molecular complexity index is 5340. The average molecular weight is 1910 g/mol. The predicted octanol–water partition coefficient (Wildman–Crippen LogP) is 19.2. The Balaban J connectivity index is 0.000000248. The molecule has 0 atom stereocenters. The van der Waals surface area contributed by atoms with Gasteiger partial charge in [-0.2, -0.15) is 0 Å². The summed E-state index contributed by atoms with van der Waals surface area (Å²) >= 11 is 6.27. The van der Waals surface area contributed by atoms with Crippen molar-refractivity contribution in [1.82, 2.24) is 0 Å². The van der Waals surface area contributed by atoms with Gasteiger partial charge in [0.05, 0.1) is 57.5 Å². The van der Waals surface area contributed by atoms with Gasteiger partial charge in [0.2, 0.25) is 0 Å². The molecule has 0 fully saturated rings. The van der Waals surface area contributed by atoms with Crippen LogP contribution in [0.2, 0.25) is 0 Å². The van der Waals surface area contributed by atoms with Crippen molar-refractivity contribution in [3.8, 4) is 62.1 Å².